The minimum Gasteiger partial charge on any atom is -0.280 e. The van der Waals surface area contributed by atoms with Crippen LogP contribution in [-0.4, -0.2) is 36.9 Å². The molecule has 5 rings (SSSR count). The van der Waals surface area contributed by atoms with Crippen LogP contribution in [-0.2, 0) is 17.6 Å². The molecule has 0 atom stereocenters. The summed E-state index contributed by atoms with van der Waals surface area (Å²) in [6.07, 6.45) is 5.19. The third-order valence-electron chi connectivity index (χ3n) is 5.03. The lowest BCUT2D eigenvalue weighted by atomic mass is 10.0. The number of hydrogen-bond donors (Lipinski definition) is 0. The van der Waals surface area contributed by atoms with Crippen molar-refractivity contribution in [3.05, 3.63) is 84.2 Å². The molecule has 8 heteroatoms. The third-order valence-corrected chi connectivity index (χ3v) is 5.94. The lowest BCUT2D eigenvalue weighted by Gasteiger charge is -2.24. The van der Waals surface area contributed by atoms with E-state index in [1.54, 1.807) is 17.1 Å². The summed E-state index contributed by atoms with van der Waals surface area (Å²) in [4.78, 5) is 19.4. The number of thioether (sulfide) groups is 1. The van der Waals surface area contributed by atoms with Gasteiger partial charge in [0.1, 0.15) is 0 Å². The van der Waals surface area contributed by atoms with Gasteiger partial charge in [0.05, 0.1) is 29.0 Å². The van der Waals surface area contributed by atoms with E-state index < -0.39 is 0 Å². The van der Waals surface area contributed by atoms with Crippen LogP contribution in [0, 0.1) is 0 Å². The molecule has 0 unspecified atom stereocenters. The standard InChI is InChI=1S/C22H18N6OS/c29-21(15-30-22-24-25-26-28(22)18-8-5-13-23-14-18)27-19-9-3-1-6-16(19)11-12-17-7-2-4-10-20(17)27/h1-10,13-14H,11-12,15H2. The number of fused-ring (bicyclic) bond motifs is 2. The molecule has 1 aliphatic rings. The Morgan fingerprint density at radius 1 is 0.933 bits per heavy atom. The van der Waals surface area contributed by atoms with Crippen molar-refractivity contribution in [3.8, 4) is 5.69 Å². The molecule has 0 fully saturated rings. The largest absolute Gasteiger partial charge is 0.280 e. The van der Waals surface area contributed by atoms with E-state index in [-0.39, 0.29) is 11.7 Å². The van der Waals surface area contributed by atoms with E-state index in [4.69, 9.17) is 0 Å². The minimum atomic E-state index is -0.0115. The van der Waals surface area contributed by atoms with Crippen LogP contribution in [0.25, 0.3) is 5.69 Å². The molecule has 7 nitrogen and oxygen atoms in total. The minimum absolute atomic E-state index is 0.0115. The van der Waals surface area contributed by atoms with E-state index in [9.17, 15) is 4.79 Å². The van der Waals surface area contributed by atoms with Crippen LogP contribution in [0.5, 0.6) is 0 Å². The lowest BCUT2D eigenvalue weighted by Crippen LogP contribution is -2.28. The second kappa shape index (κ2) is 8.08. The first kappa shape index (κ1) is 18.5. The molecule has 0 N–H and O–H groups in total. The van der Waals surface area contributed by atoms with Gasteiger partial charge in [-0.15, -0.1) is 5.10 Å². The number of aromatic nitrogens is 5. The zero-order valence-corrected chi connectivity index (χ0v) is 16.9. The van der Waals surface area contributed by atoms with E-state index in [0.717, 1.165) is 29.9 Å². The number of para-hydroxylation sites is 2. The molecule has 0 aliphatic carbocycles. The Morgan fingerprint density at radius 3 is 2.30 bits per heavy atom. The number of pyridine rings is 1. The highest BCUT2D eigenvalue weighted by Gasteiger charge is 2.26. The van der Waals surface area contributed by atoms with Crippen molar-refractivity contribution in [1.29, 1.82) is 0 Å². The summed E-state index contributed by atoms with van der Waals surface area (Å²) >= 11 is 1.31. The number of tetrazole rings is 1. The van der Waals surface area contributed by atoms with E-state index >= 15 is 0 Å². The second-order valence-electron chi connectivity index (χ2n) is 6.86. The molecule has 1 amide bonds. The smallest absolute Gasteiger partial charge is 0.242 e. The van der Waals surface area contributed by atoms with E-state index in [1.165, 1.54) is 22.9 Å². The Balaban J connectivity index is 1.45. The number of benzene rings is 2. The number of rotatable bonds is 4. The quantitative estimate of drug-likeness (QED) is 0.475. The van der Waals surface area contributed by atoms with Crippen LogP contribution in [0.1, 0.15) is 11.1 Å². The molecule has 1 aliphatic heterocycles. The Morgan fingerprint density at radius 2 is 1.63 bits per heavy atom. The van der Waals surface area contributed by atoms with Crippen molar-refractivity contribution in [2.24, 2.45) is 0 Å². The number of anilines is 2. The van der Waals surface area contributed by atoms with Crippen molar-refractivity contribution >= 4 is 29.0 Å². The molecule has 0 bridgehead atoms. The van der Waals surface area contributed by atoms with Gasteiger partial charge in [-0.05, 0) is 58.7 Å². The summed E-state index contributed by atoms with van der Waals surface area (Å²) < 4.78 is 1.59. The van der Waals surface area contributed by atoms with Gasteiger partial charge >= 0.3 is 0 Å². The Bertz CT molecular complexity index is 1150. The number of carbonyl (C=O) groups is 1. The molecule has 3 heterocycles. The average molecular weight is 414 g/mol. The summed E-state index contributed by atoms with van der Waals surface area (Å²) in [6, 6.07) is 19.9. The third kappa shape index (κ3) is 3.46. The van der Waals surface area contributed by atoms with Gasteiger partial charge in [-0.25, -0.2) is 0 Å². The SMILES string of the molecule is O=C(CSc1nnnn1-c1cccnc1)N1c2ccccc2CCc2ccccc21. The number of hydrogen-bond acceptors (Lipinski definition) is 6. The van der Waals surface area contributed by atoms with Gasteiger partial charge < -0.3 is 0 Å². The maximum absolute atomic E-state index is 13.4. The summed E-state index contributed by atoms with van der Waals surface area (Å²) in [5, 5.41) is 12.4. The summed E-state index contributed by atoms with van der Waals surface area (Å²) in [7, 11) is 0. The van der Waals surface area contributed by atoms with Gasteiger partial charge in [-0.2, -0.15) is 4.68 Å². The molecule has 4 aromatic rings. The molecule has 0 saturated carbocycles. The first-order valence-electron chi connectivity index (χ1n) is 9.61. The molecule has 2 aromatic heterocycles. The fourth-order valence-corrected chi connectivity index (χ4v) is 4.39. The zero-order chi connectivity index (χ0) is 20.3. The molecular formula is C22H18N6OS. The van der Waals surface area contributed by atoms with E-state index in [0.29, 0.717) is 5.16 Å². The summed E-state index contributed by atoms with van der Waals surface area (Å²) in [6.45, 7) is 0. The number of amides is 1. The normalized spacial score (nSPS) is 12.7. The van der Waals surface area contributed by atoms with Crippen LogP contribution in [0.15, 0.2) is 78.2 Å². The molecule has 2 aromatic carbocycles. The number of aryl methyl sites for hydroxylation is 2. The first-order valence-corrected chi connectivity index (χ1v) is 10.6. The van der Waals surface area contributed by atoms with Crippen LogP contribution in [0.4, 0.5) is 11.4 Å². The maximum atomic E-state index is 13.4. The predicted molar refractivity (Wildman–Crippen MR) is 115 cm³/mol. The van der Waals surface area contributed by atoms with Crippen LogP contribution < -0.4 is 4.90 Å². The summed E-state index contributed by atoms with van der Waals surface area (Å²) in [5.74, 6) is 0.200. The average Bonchev–Trinajstić information content (AvgIpc) is 3.20. The highest BCUT2D eigenvalue weighted by molar-refractivity contribution is 7.99. The predicted octanol–water partition coefficient (Wildman–Crippen LogP) is 3.61. The lowest BCUT2D eigenvalue weighted by molar-refractivity contribution is -0.115. The van der Waals surface area contributed by atoms with Crippen molar-refractivity contribution in [2.75, 3.05) is 10.7 Å². The summed E-state index contributed by atoms with van der Waals surface area (Å²) in [5.41, 5.74) is 4.99. The highest BCUT2D eigenvalue weighted by atomic mass is 32.2. The van der Waals surface area contributed by atoms with Gasteiger partial charge in [-0.1, -0.05) is 48.2 Å². The molecule has 0 spiro atoms. The van der Waals surface area contributed by atoms with Gasteiger partial charge in [0, 0.05) is 6.20 Å². The van der Waals surface area contributed by atoms with Crippen molar-refractivity contribution in [2.45, 2.75) is 18.0 Å². The van der Waals surface area contributed by atoms with Crippen LogP contribution in [0.3, 0.4) is 0 Å². The van der Waals surface area contributed by atoms with E-state index in [1.807, 2.05) is 53.4 Å². The van der Waals surface area contributed by atoms with Gasteiger partial charge in [0.2, 0.25) is 11.1 Å². The molecule has 148 valence electrons. The Kier molecular flexibility index (Phi) is 4.98. The van der Waals surface area contributed by atoms with Crippen molar-refractivity contribution < 1.29 is 4.79 Å². The van der Waals surface area contributed by atoms with Gasteiger partial charge in [0.15, 0.2) is 0 Å². The molecule has 0 radical (unpaired) electrons. The number of nitrogens with zero attached hydrogens (tertiary/aromatic N) is 6. The maximum Gasteiger partial charge on any atom is 0.242 e. The zero-order valence-electron chi connectivity index (χ0n) is 16.0. The number of carbonyl (C=O) groups excluding carboxylic acids is 1. The van der Waals surface area contributed by atoms with Gasteiger partial charge in [0.25, 0.3) is 0 Å². The van der Waals surface area contributed by atoms with Crippen molar-refractivity contribution in [1.82, 2.24) is 25.2 Å². The van der Waals surface area contributed by atoms with Crippen molar-refractivity contribution in [3.63, 3.8) is 0 Å². The Hall–Kier alpha value is -3.52. The fourth-order valence-electron chi connectivity index (χ4n) is 3.65. The van der Waals surface area contributed by atoms with Gasteiger partial charge in [-0.3, -0.25) is 14.7 Å². The fraction of sp³-hybridized carbons (Fsp3) is 0.136. The first-order chi connectivity index (χ1) is 14.8. The van der Waals surface area contributed by atoms with Crippen LogP contribution >= 0.6 is 11.8 Å². The Labute approximate surface area is 177 Å². The van der Waals surface area contributed by atoms with E-state index in [2.05, 4.69) is 32.6 Å². The molecule has 0 saturated heterocycles. The monoisotopic (exact) mass is 414 g/mol. The van der Waals surface area contributed by atoms with Crippen LogP contribution in [0.2, 0.25) is 0 Å². The second-order valence-corrected chi connectivity index (χ2v) is 7.80. The topological polar surface area (TPSA) is 76.8 Å². The molecule has 30 heavy (non-hydrogen) atoms. The molecular weight excluding hydrogens is 396 g/mol. The highest BCUT2D eigenvalue weighted by Crippen LogP contribution is 2.36.